The Kier molecular flexibility index (Phi) is 7.63. The first-order valence-electron chi connectivity index (χ1n) is 9.46. The summed E-state index contributed by atoms with van der Waals surface area (Å²) in [5, 5.41) is 0. The molecule has 1 saturated carbocycles. The Balaban J connectivity index is 2.07. The Morgan fingerprint density at radius 2 is 1.88 bits per heavy atom. The highest BCUT2D eigenvalue weighted by Crippen LogP contribution is 2.33. The van der Waals surface area contributed by atoms with Gasteiger partial charge in [-0.1, -0.05) is 50.1 Å². The van der Waals surface area contributed by atoms with Gasteiger partial charge >= 0.3 is 5.97 Å². The van der Waals surface area contributed by atoms with Gasteiger partial charge in [-0.15, -0.1) is 0 Å². The van der Waals surface area contributed by atoms with Crippen LogP contribution in [0, 0.1) is 17.8 Å². The largest absolute Gasteiger partial charge is 0.469 e. The van der Waals surface area contributed by atoms with E-state index in [1.54, 1.807) is 0 Å². The van der Waals surface area contributed by atoms with Gasteiger partial charge in [-0.2, -0.15) is 0 Å². The number of nitrogens with two attached hydrogens (primary N) is 1. The summed E-state index contributed by atoms with van der Waals surface area (Å²) < 4.78 is 4.95. The zero-order valence-electron chi connectivity index (χ0n) is 15.4. The average Bonchev–Trinajstić information content (AvgIpc) is 2.63. The van der Waals surface area contributed by atoms with Gasteiger partial charge in [0.1, 0.15) is 5.78 Å². The summed E-state index contributed by atoms with van der Waals surface area (Å²) in [4.78, 5) is 25.2. The molecule has 1 aromatic rings. The third-order valence-corrected chi connectivity index (χ3v) is 5.55. The van der Waals surface area contributed by atoms with Crippen molar-refractivity contribution in [3.63, 3.8) is 0 Å². The molecule has 0 unspecified atom stereocenters. The maximum Gasteiger partial charge on any atom is 0.309 e. The molecule has 1 aliphatic rings. The number of esters is 1. The monoisotopic (exact) mass is 345 g/mol. The number of carbonyl (C=O) groups excluding carboxylic acids is 2. The van der Waals surface area contributed by atoms with Gasteiger partial charge in [0.05, 0.1) is 13.0 Å². The second-order valence-electron chi connectivity index (χ2n) is 7.21. The average molecular weight is 345 g/mol. The molecular formula is C21H31NO3. The van der Waals surface area contributed by atoms with E-state index >= 15 is 0 Å². The lowest BCUT2D eigenvalue weighted by molar-refractivity contribution is -0.147. The summed E-state index contributed by atoms with van der Waals surface area (Å²) in [5.74, 6) is -0.357. The van der Waals surface area contributed by atoms with Crippen LogP contribution in [0.1, 0.15) is 51.0 Å². The number of benzene rings is 1. The number of ketones is 1. The van der Waals surface area contributed by atoms with E-state index in [4.69, 9.17) is 10.5 Å². The lowest BCUT2D eigenvalue weighted by Crippen LogP contribution is -2.41. The van der Waals surface area contributed by atoms with E-state index in [0.29, 0.717) is 6.42 Å². The zero-order chi connectivity index (χ0) is 18.2. The first-order valence-corrected chi connectivity index (χ1v) is 9.46. The Morgan fingerprint density at radius 1 is 1.20 bits per heavy atom. The summed E-state index contributed by atoms with van der Waals surface area (Å²) in [5.41, 5.74) is 7.34. The van der Waals surface area contributed by atoms with Crippen LogP contribution in [0.3, 0.4) is 0 Å². The summed E-state index contributed by atoms with van der Waals surface area (Å²) in [6, 6.07) is 9.90. The molecule has 4 nitrogen and oxygen atoms in total. The van der Waals surface area contributed by atoms with Crippen molar-refractivity contribution in [1.82, 2.24) is 0 Å². The first kappa shape index (κ1) is 19.6. The van der Waals surface area contributed by atoms with Crippen molar-refractivity contribution in [2.75, 3.05) is 7.11 Å². The van der Waals surface area contributed by atoms with Crippen molar-refractivity contribution in [2.24, 2.45) is 23.5 Å². The topological polar surface area (TPSA) is 69.4 Å². The predicted octanol–water partition coefficient (Wildman–Crippen LogP) is 3.52. The number of ether oxygens (including phenoxy) is 1. The second kappa shape index (κ2) is 9.71. The van der Waals surface area contributed by atoms with Crippen LogP contribution >= 0.6 is 0 Å². The van der Waals surface area contributed by atoms with E-state index in [-0.39, 0.29) is 36.1 Å². The number of rotatable bonds is 8. The standard InChI is InChI=1S/C21H31NO3/c1-3-17(18-11-7-8-12-19(18)22)20(23)14-16(21(24)25-2)13-15-9-5-4-6-10-15/h4-6,9-10,16-19H,3,7-8,11-14,22H2,1-2H3/t16-,17+,18+,19+/m0/s1. The summed E-state index contributed by atoms with van der Waals surface area (Å²) >= 11 is 0. The summed E-state index contributed by atoms with van der Waals surface area (Å²) in [7, 11) is 1.39. The molecule has 1 aliphatic carbocycles. The highest BCUT2D eigenvalue weighted by atomic mass is 16.5. The van der Waals surface area contributed by atoms with E-state index in [1.165, 1.54) is 7.11 Å². The van der Waals surface area contributed by atoms with E-state index in [2.05, 4.69) is 0 Å². The van der Waals surface area contributed by atoms with Crippen molar-refractivity contribution in [3.8, 4) is 0 Å². The van der Waals surface area contributed by atoms with Gasteiger partial charge in [-0.25, -0.2) is 0 Å². The molecule has 1 fully saturated rings. The fourth-order valence-corrected chi connectivity index (χ4v) is 4.16. The minimum Gasteiger partial charge on any atom is -0.469 e. The maximum atomic E-state index is 13.0. The molecule has 2 rings (SSSR count). The second-order valence-corrected chi connectivity index (χ2v) is 7.21. The molecule has 138 valence electrons. The number of methoxy groups -OCH3 is 1. The molecule has 0 saturated heterocycles. The third kappa shape index (κ3) is 5.40. The smallest absolute Gasteiger partial charge is 0.309 e. The van der Waals surface area contributed by atoms with Gasteiger partial charge in [0, 0.05) is 18.4 Å². The lowest BCUT2D eigenvalue weighted by Gasteiger charge is -2.34. The van der Waals surface area contributed by atoms with Crippen LogP contribution in [0.5, 0.6) is 0 Å². The molecule has 2 N–H and O–H groups in total. The van der Waals surface area contributed by atoms with Crippen LogP contribution in [-0.4, -0.2) is 24.9 Å². The van der Waals surface area contributed by atoms with E-state index < -0.39 is 5.92 Å². The summed E-state index contributed by atoms with van der Waals surface area (Å²) in [6.45, 7) is 2.05. The SMILES string of the molecule is CC[C@@H](C(=O)C[C@H](Cc1ccccc1)C(=O)OC)[C@H]1CCCC[C@H]1N. The molecule has 0 heterocycles. The minimum atomic E-state index is -0.422. The Hall–Kier alpha value is -1.68. The number of carbonyl (C=O) groups is 2. The molecule has 0 aromatic heterocycles. The van der Waals surface area contributed by atoms with E-state index in [9.17, 15) is 9.59 Å². The Labute approximate surface area is 151 Å². The molecule has 25 heavy (non-hydrogen) atoms. The van der Waals surface area contributed by atoms with Crippen molar-refractivity contribution in [2.45, 2.75) is 57.9 Å². The fraction of sp³-hybridized carbons (Fsp3) is 0.619. The number of Topliss-reactive ketones (excluding diaryl/α,β-unsaturated/α-hetero) is 1. The molecule has 0 aliphatic heterocycles. The van der Waals surface area contributed by atoms with Crippen LogP contribution in [0.25, 0.3) is 0 Å². The van der Waals surface area contributed by atoms with Crippen LogP contribution in [-0.2, 0) is 20.7 Å². The van der Waals surface area contributed by atoms with Crippen molar-refractivity contribution >= 4 is 11.8 Å². The van der Waals surface area contributed by atoms with Crippen LogP contribution < -0.4 is 5.73 Å². The van der Waals surface area contributed by atoms with E-state index in [1.807, 2.05) is 37.3 Å². The van der Waals surface area contributed by atoms with Crippen LogP contribution in [0.2, 0.25) is 0 Å². The highest BCUT2D eigenvalue weighted by Gasteiger charge is 2.35. The Morgan fingerprint density at radius 3 is 2.48 bits per heavy atom. The molecule has 1 aromatic carbocycles. The summed E-state index contributed by atoms with van der Waals surface area (Å²) in [6.07, 6.45) is 5.88. The van der Waals surface area contributed by atoms with Gasteiger partial charge in [-0.05, 0) is 37.2 Å². The molecule has 0 radical (unpaired) electrons. The van der Waals surface area contributed by atoms with Gasteiger partial charge in [0.15, 0.2) is 0 Å². The molecule has 4 atom stereocenters. The Bertz CT molecular complexity index is 558. The van der Waals surface area contributed by atoms with Crippen molar-refractivity contribution in [1.29, 1.82) is 0 Å². The van der Waals surface area contributed by atoms with Gasteiger partial charge < -0.3 is 10.5 Å². The van der Waals surface area contributed by atoms with Crippen molar-refractivity contribution < 1.29 is 14.3 Å². The molecule has 0 spiro atoms. The van der Waals surface area contributed by atoms with Crippen LogP contribution in [0.4, 0.5) is 0 Å². The van der Waals surface area contributed by atoms with Crippen molar-refractivity contribution in [3.05, 3.63) is 35.9 Å². The van der Waals surface area contributed by atoms with Gasteiger partial charge in [-0.3, -0.25) is 9.59 Å². The third-order valence-electron chi connectivity index (χ3n) is 5.55. The van der Waals surface area contributed by atoms with Gasteiger partial charge in [0.25, 0.3) is 0 Å². The number of hydrogen-bond donors (Lipinski definition) is 1. The highest BCUT2D eigenvalue weighted by molar-refractivity contribution is 5.86. The van der Waals surface area contributed by atoms with Gasteiger partial charge in [0.2, 0.25) is 0 Å². The maximum absolute atomic E-state index is 13.0. The van der Waals surface area contributed by atoms with Crippen LogP contribution in [0.15, 0.2) is 30.3 Å². The molecule has 0 amide bonds. The van der Waals surface area contributed by atoms with E-state index in [0.717, 1.165) is 37.7 Å². The fourth-order valence-electron chi connectivity index (χ4n) is 4.16. The molecular weight excluding hydrogens is 314 g/mol. The lowest BCUT2D eigenvalue weighted by atomic mass is 9.72. The predicted molar refractivity (Wildman–Crippen MR) is 99.0 cm³/mol. The number of hydrogen-bond acceptors (Lipinski definition) is 4. The normalized spacial score (nSPS) is 22.8. The first-order chi connectivity index (χ1) is 12.1. The minimum absolute atomic E-state index is 0.0433. The quantitative estimate of drug-likeness (QED) is 0.732. The molecule has 0 bridgehead atoms. The zero-order valence-corrected chi connectivity index (χ0v) is 15.4. The molecule has 4 heteroatoms.